The summed E-state index contributed by atoms with van der Waals surface area (Å²) in [5, 5.41) is 3.00. The van der Waals surface area contributed by atoms with E-state index in [2.05, 4.69) is 17.4 Å². The van der Waals surface area contributed by atoms with Crippen LogP contribution in [0.2, 0.25) is 0 Å². The van der Waals surface area contributed by atoms with Gasteiger partial charge in [-0.05, 0) is 34.7 Å². The van der Waals surface area contributed by atoms with E-state index in [-0.39, 0.29) is 5.91 Å². The number of carbonyl (C=O) groups excluding carboxylic acids is 1. The Bertz CT molecular complexity index is 712. The van der Waals surface area contributed by atoms with Crippen molar-refractivity contribution in [3.63, 3.8) is 0 Å². The molecule has 1 amide bonds. The van der Waals surface area contributed by atoms with Gasteiger partial charge in [-0.15, -0.1) is 0 Å². The lowest BCUT2D eigenvalue weighted by molar-refractivity contribution is -0.120. The number of hydrogen-bond acceptors (Lipinski definition) is 3. The summed E-state index contributed by atoms with van der Waals surface area (Å²) in [5.41, 5.74) is 4.61. The van der Waals surface area contributed by atoms with Crippen molar-refractivity contribution in [2.24, 2.45) is 0 Å². The maximum Gasteiger partial charge on any atom is 0.224 e. The van der Waals surface area contributed by atoms with Gasteiger partial charge in [0, 0.05) is 20.1 Å². The molecule has 0 radical (unpaired) electrons. The molecule has 0 bridgehead atoms. The third-order valence-electron chi connectivity index (χ3n) is 4.16. The van der Waals surface area contributed by atoms with E-state index in [0.29, 0.717) is 19.6 Å². The molecule has 4 nitrogen and oxygen atoms in total. The van der Waals surface area contributed by atoms with Gasteiger partial charge in [0.25, 0.3) is 0 Å². The highest BCUT2D eigenvalue weighted by Gasteiger charge is 2.12. The monoisotopic (exact) mass is 325 g/mol. The van der Waals surface area contributed by atoms with Crippen LogP contribution in [0.25, 0.3) is 0 Å². The maximum absolute atomic E-state index is 12.1. The minimum atomic E-state index is 0.0501. The molecule has 0 saturated carbocycles. The summed E-state index contributed by atoms with van der Waals surface area (Å²) < 4.78 is 10.6. The number of amides is 1. The topological polar surface area (TPSA) is 47.6 Å². The van der Waals surface area contributed by atoms with Crippen molar-refractivity contribution in [1.82, 2.24) is 5.32 Å². The minimum absolute atomic E-state index is 0.0501. The van der Waals surface area contributed by atoms with Crippen molar-refractivity contribution in [2.75, 3.05) is 20.3 Å². The summed E-state index contributed by atoms with van der Waals surface area (Å²) >= 11 is 0. The Morgan fingerprint density at radius 1 is 1.17 bits per heavy atom. The first-order chi connectivity index (χ1) is 11.7. The lowest BCUT2D eigenvalue weighted by atomic mass is 10.1. The largest absolute Gasteiger partial charge is 0.493 e. The molecule has 1 aliphatic rings. The lowest BCUT2D eigenvalue weighted by Gasteiger charge is -2.08. The predicted molar refractivity (Wildman–Crippen MR) is 93.2 cm³/mol. The van der Waals surface area contributed by atoms with Gasteiger partial charge in [0.2, 0.25) is 5.91 Å². The number of benzene rings is 2. The molecule has 3 rings (SSSR count). The van der Waals surface area contributed by atoms with E-state index < -0.39 is 0 Å². The van der Waals surface area contributed by atoms with E-state index in [1.165, 1.54) is 11.1 Å². The second-order valence-corrected chi connectivity index (χ2v) is 6.07. The molecule has 126 valence electrons. The fourth-order valence-electron chi connectivity index (χ4n) is 2.99. The first-order valence-corrected chi connectivity index (χ1v) is 8.32. The zero-order valence-corrected chi connectivity index (χ0v) is 14.0. The van der Waals surface area contributed by atoms with Crippen LogP contribution in [0.5, 0.6) is 5.75 Å². The number of nitrogens with one attached hydrogen (secondary N) is 1. The van der Waals surface area contributed by atoms with Crippen molar-refractivity contribution < 1.29 is 14.3 Å². The Labute approximate surface area is 142 Å². The van der Waals surface area contributed by atoms with Crippen molar-refractivity contribution in [3.05, 3.63) is 64.7 Å². The fraction of sp³-hybridized carbons (Fsp3) is 0.350. The predicted octanol–water partition coefficient (Wildman–Crippen LogP) is 2.67. The normalized spacial score (nSPS) is 12.5. The third kappa shape index (κ3) is 4.36. The number of methoxy groups -OCH3 is 1. The number of hydrogen-bond donors (Lipinski definition) is 1. The molecule has 0 spiro atoms. The molecule has 4 heteroatoms. The molecular formula is C20H23NO3. The van der Waals surface area contributed by atoms with Crippen molar-refractivity contribution >= 4 is 5.91 Å². The summed E-state index contributed by atoms with van der Waals surface area (Å²) in [6.45, 7) is 1.99. The zero-order valence-electron chi connectivity index (χ0n) is 14.0. The summed E-state index contributed by atoms with van der Waals surface area (Å²) in [4.78, 5) is 12.1. The zero-order chi connectivity index (χ0) is 16.8. The van der Waals surface area contributed by atoms with E-state index in [1.807, 2.05) is 30.3 Å². The first-order valence-electron chi connectivity index (χ1n) is 8.32. The average molecular weight is 325 g/mol. The van der Waals surface area contributed by atoms with Gasteiger partial charge in [-0.25, -0.2) is 0 Å². The summed E-state index contributed by atoms with van der Waals surface area (Å²) in [6.07, 6.45) is 2.21. The second kappa shape index (κ2) is 7.97. The molecule has 0 saturated heterocycles. The van der Waals surface area contributed by atoms with E-state index in [1.54, 1.807) is 7.11 Å². The van der Waals surface area contributed by atoms with Gasteiger partial charge in [0.1, 0.15) is 5.75 Å². The molecule has 1 N–H and O–H groups in total. The molecule has 0 fully saturated rings. The molecule has 0 aromatic heterocycles. The summed E-state index contributed by atoms with van der Waals surface area (Å²) in [5.74, 6) is 1.05. The molecule has 0 atom stereocenters. The van der Waals surface area contributed by atoms with Gasteiger partial charge in [-0.3, -0.25) is 4.79 Å². The smallest absolute Gasteiger partial charge is 0.224 e. The molecule has 24 heavy (non-hydrogen) atoms. The van der Waals surface area contributed by atoms with E-state index >= 15 is 0 Å². The van der Waals surface area contributed by atoms with Gasteiger partial charge < -0.3 is 14.8 Å². The van der Waals surface area contributed by atoms with Gasteiger partial charge in [-0.2, -0.15) is 0 Å². The van der Waals surface area contributed by atoms with Gasteiger partial charge in [-0.1, -0.05) is 36.4 Å². The van der Waals surface area contributed by atoms with Crippen molar-refractivity contribution in [2.45, 2.75) is 25.9 Å². The van der Waals surface area contributed by atoms with E-state index in [0.717, 1.165) is 36.3 Å². The lowest BCUT2D eigenvalue weighted by Crippen LogP contribution is -2.27. The van der Waals surface area contributed by atoms with Crippen molar-refractivity contribution in [1.29, 1.82) is 0 Å². The number of rotatable bonds is 7. The summed E-state index contributed by atoms with van der Waals surface area (Å²) in [7, 11) is 1.67. The quantitative estimate of drug-likeness (QED) is 0.851. The van der Waals surface area contributed by atoms with Crippen LogP contribution in [-0.4, -0.2) is 26.2 Å². The molecule has 0 aliphatic carbocycles. The number of carbonyl (C=O) groups is 1. The van der Waals surface area contributed by atoms with Crippen LogP contribution < -0.4 is 10.1 Å². The van der Waals surface area contributed by atoms with Crippen LogP contribution in [0.4, 0.5) is 0 Å². The number of ether oxygens (including phenoxy) is 2. The second-order valence-electron chi connectivity index (χ2n) is 6.07. The first kappa shape index (κ1) is 16.5. The van der Waals surface area contributed by atoms with E-state index in [9.17, 15) is 4.79 Å². The third-order valence-corrected chi connectivity index (χ3v) is 4.16. The Morgan fingerprint density at radius 3 is 2.92 bits per heavy atom. The van der Waals surface area contributed by atoms with Crippen LogP contribution in [0.3, 0.4) is 0 Å². The Morgan fingerprint density at radius 2 is 2.04 bits per heavy atom. The SMILES string of the molecule is COCc1cccc(CC(=O)NCCc2ccc3c(c2)CCO3)c1. The Kier molecular flexibility index (Phi) is 5.49. The van der Waals surface area contributed by atoms with E-state index in [4.69, 9.17) is 9.47 Å². The molecule has 0 unspecified atom stereocenters. The van der Waals surface area contributed by atoms with Crippen LogP contribution >= 0.6 is 0 Å². The van der Waals surface area contributed by atoms with Gasteiger partial charge >= 0.3 is 0 Å². The Balaban J connectivity index is 1.46. The van der Waals surface area contributed by atoms with Gasteiger partial charge in [0.15, 0.2) is 0 Å². The molecule has 2 aromatic carbocycles. The van der Waals surface area contributed by atoms with Crippen molar-refractivity contribution in [3.8, 4) is 5.75 Å². The number of fused-ring (bicyclic) bond motifs is 1. The van der Waals surface area contributed by atoms with Crippen LogP contribution in [-0.2, 0) is 35.4 Å². The Hall–Kier alpha value is -2.33. The molecule has 1 heterocycles. The fourth-order valence-corrected chi connectivity index (χ4v) is 2.99. The highest BCUT2D eigenvalue weighted by Crippen LogP contribution is 2.25. The van der Waals surface area contributed by atoms with Crippen LogP contribution in [0.1, 0.15) is 22.3 Å². The highest BCUT2D eigenvalue weighted by atomic mass is 16.5. The van der Waals surface area contributed by atoms with Gasteiger partial charge in [0.05, 0.1) is 19.6 Å². The minimum Gasteiger partial charge on any atom is -0.493 e. The average Bonchev–Trinajstić information content (AvgIpc) is 3.03. The van der Waals surface area contributed by atoms with Crippen LogP contribution in [0, 0.1) is 0 Å². The van der Waals surface area contributed by atoms with Crippen LogP contribution in [0.15, 0.2) is 42.5 Å². The maximum atomic E-state index is 12.1. The summed E-state index contributed by atoms with van der Waals surface area (Å²) in [6, 6.07) is 14.2. The molecule has 2 aromatic rings. The molecular weight excluding hydrogens is 302 g/mol. The molecule has 1 aliphatic heterocycles. The standard InChI is InChI=1S/C20H23NO3/c1-23-14-17-4-2-3-16(11-17)13-20(22)21-9-7-15-5-6-19-18(12-15)8-10-24-19/h2-6,11-12H,7-10,13-14H2,1H3,(H,21,22). The highest BCUT2D eigenvalue weighted by molar-refractivity contribution is 5.78.